The Morgan fingerprint density at radius 3 is 2.53 bits per heavy atom. The van der Waals surface area contributed by atoms with Gasteiger partial charge in [-0.2, -0.15) is 9.50 Å². The van der Waals surface area contributed by atoms with Gasteiger partial charge in [-0.3, -0.25) is 44.9 Å². The van der Waals surface area contributed by atoms with Crippen LogP contribution in [-0.4, -0.2) is 132 Å². The van der Waals surface area contributed by atoms with Gasteiger partial charge in [-0.25, -0.2) is 19.8 Å². The Morgan fingerprint density at radius 1 is 1.12 bits per heavy atom. The van der Waals surface area contributed by atoms with Crippen molar-refractivity contribution in [1.29, 1.82) is 0 Å². The number of ether oxygens (including phenoxy) is 1. The molecule has 1 aromatic carbocycles. The summed E-state index contributed by atoms with van der Waals surface area (Å²) in [5.41, 5.74) is 8.50. The van der Waals surface area contributed by atoms with Crippen molar-refractivity contribution in [1.82, 2.24) is 50.7 Å². The minimum absolute atomic E-state index is 0.0541. The van der Waals surface area contributed by atoms with Crippen molar-refractivity contribution in [3.8, 4) is 11.5 Å². The fourth-order valence-electron chi connectivity index (χ4n) is 5.17. The number of aromatic hydroxyl groups is 2. The molecule has 59 heavy (non-hydrogen) atoms. The van der Waals surface area contributed by atoms with Crippen molar-refractivity contribution in [2.45, 2.75) is 42.8 Å². The number of benzene rings is 1. The third-order valence-corrected chi connectivity index (χ3v) is 11.3. The molecule has 9 N–H and O–H groups in total. The number of thiazole rings is 1. The molecule has 6 rings (SSSR count). The number of anilines is 1. The van der Waals surface area contributed by atoms with E-state index >= 15 is 0 Å². The molecule has 2 atom stereocenters. The van der Waals surface area contributed by atoms with Crippen molar-refractivity contribution in [2.24, 2.45) is 5.16 Å². The Labute approximate surface area is 343 Å². The van der Waals surface area contributed by atoms with E-state index < -0.39 is 69.9 Å². The maximum Gasteiger partial charge on any atom is 0.512 e. The van der Waals surface area contributed by atoms with Gasteiger partial charge in [0.25, 0.3) is 29.4 Å². The number of carboxylic acid groups (broad SMARTS) is 1. The molecule has 4 aromatic rings. The second kappa shape index (κ2) is 16.6. The highest BCUT2D eigenvalue weighted by Crippen LogP contribution is 2.42. The fourth-order valence-corrected chi connectivity index (χ4v) is 8.22. The zero-order valence-electron chi connectivity index (χ0n) is 30.9. The first-order valence-corrected chi connectivity index (χ1v) is 19.6. The number of rotatable bonds is 12. The van der Waals surface area contributed by atoms with Crippen molar-refractivity contribution in [2.75, 3.05) is 24.3 Å². The third kappa shape index (κ3) is 8.91. The summed E-state index contributed by atoms with van der Waals surface area (Å²) in [7, 11) is 1.12. The largest absolute Gasteiger partial charge is 0.512 e. The number of hydrazine groups is 1. The van der Waals surface area contributed by atoms with Crippen molar-refractivity contribution < 1.29 is 58.9 Å². The lowest BCUT2D eigenvalue weighted by Crippen LogP contribution is -2.70. The van der Waals surface area contributed by atoms with Crippen LogP contribution in [0.2, 0.25) is 0 Å². The molecule has 0 unspecified atom stereocenters. The normalized spacial score (nSPS) is 16.5. The van der Waals surface area contributed by atoms with E-state index in [9.17, 15) is 49.3 Å². The van der Waals surface area contributed by atoms with E-state index in [2.05, 4.69) is 41.4 Å². The lowest BCUT2D eigenvalue weighted by Gasteiger charge is -2.49. The molecule has 27 heteroatoms. The molecule has 2 aliphatic heterocycles. The van der Waals surface area contributed by atoms with Crippen LogP contribution in [0.3, 0.4) is 0 Å². The molecular weight excluding hydrogens is 841 g/mol. The molecule has 2 aliphatic rings. The highest BCUT2D eigenvalue weighted by Gasteiger charge is 2.54. The number of nitrogen functional groups attached to an aromatic ring is 1. The van der Waals surface area contributed by atoms with Crippen LogP contribution in [-0.2, 0) is 24.0 Å². The number of nitrogens with one attached hydrogen (secondary N) is 3. The number of hydroxylamine groups is 2. The molecule has 0 bridgehead atoms. The number of nitrogens with zero attached hydrogens (tertiary/aromatic N) is 8. The zero-order chi connectivity index (χ0) is 42.9. The van der Waals surface area contributed by atoms with Crippen molar-refractivity contribution >= 4 is 87.2 Å². The van der Waals surface area contributed by atoms with Gasteiger partial charge in [0, 0.05) is 40.8 Å². The maximum atomic E-state index is 13.7. The maximum absolute atomic E-state index is 13.7. The Morgan fingerprint density at radius 2 is 1.86 bits per heavy atom. The molecule has 24 nitrogen and oxygen atoms in total. The van der Waals surface area contributed by atoms with Crippen molar-refractivity contribution in [3.05, 3.63) is 63.9 Å². The number of hydrogen-bond donors (Lipinski definition) is 8. The number of aromatic nitrogens is 5. The second-order valence-corrected chi connectivity index (χ2v) is 15.9. The molecule has 3 aromatic heterocycles. The number of nitrogens with two attached hydrogens (primary N) is 1. The molecular formula is C32H32N12O12S3. The summed E-state index contributed by atoms with van der Waals surface area (Å²) in [5.74, 6) is -5.62. The molecule has 0 saturated carbocycles. The molecule has 0 radical (unpaired) electrons. The average molecular weight is 873 g/mol. The summed E-state index contributed by atoms with van der Waals surface area (Å²) in [6.45, 7) is 4.23. The van der Waals surface area contributed by atoms with E-state index in [4.69, 9.17) is 15.3 Å². The summed E-state index contributed by atoms with van der Waals surface area (Å²) in [4.78, 5) is 95.7. The van der Waals surface area contributed by atoms with Crippen LogP contribution < -0.4 is 21.9 Å². The Hall–Kier alpha value is -6.71. The van der Waals surface area contributed by atoms with Crippen LogP contribution in [0.1, 0.15) is 46.2 Å². The van der Waals surface area contributed by atoms with E-state index in [0.717, 1.165) is 47.2 Å². The SMILES string of the molecule is Cc1cc(SCC2=C(OC(=O)O)N3C(=O)[C@@H](NC(=O)/C(=N\OC(C)(C)C(=O)NNC(=O)c4ccc(O)c(O)c4)c4csc(N)n4)[C@H]3SC2)n2nc(C(=O)N(C)O)nc2n1. The third-order valence-electron chi connectivity index (χ3n) is 8.17. The molecule has 0 spiro atoms. The first-order chi connectivity index (χ1) is 27.8. The number of carbonyl (C=O) groups is 6. The first kappa shape index (κ1) is 41.9. The van der Waals surface area contributed by atoms with Gasteiger partial charge >= 0.3 is 12.1 Å². The molecule has 0 aliphatic carbocycles. The Kier molecular flexibility index (Phi) is 11.8. The van der Waals surface area contributed by atoms with E-state index in [1.54, 1.807) is 13.0 Å². The number of carbonyl (C=O) groups excluding carboxylic acids is 5. The van der Waals surface area contributed by atoms with Gasteiger partial charge in [0.05, 0.1) is 0 Å². The number of hydrogen-bond acceptors (Lipinski definition) is 20. The van der Waals surface area contributed by atoms with E-state index in [-0.39, 0.29) is 45.4 Å². The van der Waals surface area contributed by atoms with Crippen LogP contribution >= 0.6 is 34.9 Å². The number of fused-ring (bicyclic) bond motifs is 2. The monoisotopic (exact) mass is 872 g/mol. The van der Waals surface area contributed by atoms with Gasteiger partial charge in [0.15, 0.2) is 22.3 Å². The van der Waals surface area contributed by atoms with Gasteiger partial charge in [-0.1, -0.05) is 5.16 Å². The lowest BCUT2D eigenvalue weighted by atomic mass is 10.1. The topological polar surface area (TPSA) is 339 Å². The highest BCUT2D eigenvalue weighted by atomic mass is 32.2. The molecule has 1 fully saturated rings. The summed E-state index contributed by atoms with van der Waals surface area (Å²) >= 11 is 3.33. The number of phenolic OH excluding ortho intramolecular Hbond substituents is 2. The molecule has 5 amide bonds. The van der Waals surface area contributed by atoms with Crippen LogP contribution in [0.25, 0.3) is 5.78 Å². The lowest BCUT2D eigenvalue weighted by molar-refractivity contribution is -0.148. The summed E-state index contributed by atoms with van der Waals surface area (Å²) in [6, 6.07) is 3.69. The smallest absolute Gasteiger partial charge is 0.504 e. The molecule has 1 saturated heterocycles. The number of oxime groups is 1. The van der Waals surface area contributed by atoms with Crippen LogP contribution in [0.5, 0.6) is 11.5 Å². The number of amides is 5. The van der Waals surface area contributed by atoms with Gasteiger partial charge in [-0.05, 0) is 45.0 Å². The summed E-state index contributed by atoms with van der Waals surface area (Å²) < 4.78 is 6.38. The average Bonchev–Trinajstić information content (AvgIpc) is 3.81. The van der Waals surface area contributed by atoms with Gasteiger partial charge < -0.3 is 35.9 Å². The Balaban J connectivity index is 1.16. The summed E-state index contributed by atoms with van der Waals surface area (Å²) in [6.07, 6.45) is -1.69. The number of phenols is 2. The number of β-lactam (4-membered cyclic amide) rings is 1. The van der Waals surface area contributed by atoms with Crippen LogP contribution in [0.4, 0.5) is 9.93 Å². The van der Waals surface area contributed by atoms with Gasteiger partial charge in [0.2, 0.25) is 17.3 Å². The van der Waals surface area contributed by atoms with Gasteiger partial charge in [-0.15, -0.1) is 40.0 Å². The fraction of sp³-hybridized carbons (Fsp3) is 0.281. The van der Waals surface area contributed by atoms with E-state index in [1.807, 2.05) is 0 Å². The zero-order valence-corrected chi connectivity index (χ0v) is 33.3. The second-order valence-electron chi connectivity index (χ2n) is 12.9. The quantitative estimate of drug-likeness (QED) is 0.0140. The van der Waals surface area contributed by atoms with Crippen molar-refractivity contribution in [3.63, 3.8) is 0 Å². The van der Waals surface area contributed by atoms with E-state index in [0.29, 0.717) is 21.4 Å². The molecule has 5 heterocycles. The number of aryl methyl sites for hydroxylation is 1. The van der Waals surface area contributed by atoms with Crippen LogP contribution in [0, 0.1) is 6.92 Å². The minimum Gasteiger partial charge on any atom is -0.504 e. The number of thioether (sulfide) groups is 2. The minimum atomic E-state index is -1.84. The Bertz CT molecular complexity index is 2470. The first-order valence-electron chi connectivity index (χ1n) is 16.7. The predicted molar refractivity (Wildman–Crippen MR) is 205 cm³/mol. The standard InChI is InChI=1S/C32H32N12O12S3/c1-12-7-18(44-30(34-12)37-21(40-44)25(50)42(4)54)57-9-14-10-58-27-20(24(49)43(27)26(14)55-31(52)53)36-23(48)19(15-11-59-29(33)35-15)41-56-32(2,3)28(51)39-38-22(47)13-5-6-16(45)17(46)8-13/h5-8,11,20,27,45-46,54H,9-10H2,1-4H3,(H2,33,35)(H,36,48)(H,38,47)(H,39,51)(H,52,53)/b41-19-/t20-,27-/m1/s1. The van der Waals surface area contributed by atoms with Gasteiger partial charge in [0.1, 0.15) is 22.1 Å². The van der Waals surface area contributed by atoms with Crippen LogP contribution in [0.15, 0.2) is 51.3 Å². The molecule has 310 valence electrons. The van der Waals surface area contributed by atoms with E-state index in [1.165, 1.54) is 41.6 Å². The summed E-state index contributed by atoms with van der Waals surface area (Å²) in [5, 5.41) is 50.2. The predicted octanol–water partition coefficient (Wildman–Crippen LogP) is 0.403. The highest BCUT2D eigenvalue weighted by molar-refractivity contribution is 8.01.